The molecule has 2 heterocycles. The van der Waals surface area contributed by atoms with Crippen molar-refractivity contribution >= 4 is 22.8 Å². The summed E-state index contributed by atoms with van der Waals surface area (Å²) < 4.78 is 9.14. The van der Waals surface area contributed by atoms with Crippen LogP contribution in [0.2, 0.25) is 0 Å². The Morgan fingerprint density at radius 3 is 2.20 bits per heavy atom. The van der Waals surface area contributed by atoms with Gasteiger partial charge in [-0.2, -0.15) is 11.6 Å². The lowest BCUT2D eigenvalue weighted by molar-refractivity contribution is -0.401. The first-order chi connectivity index (χ1) is 22.1. The van der Waals surface area contributed by atoms with E-state index in [9.17, 15) is 0 Å². The first-order valence-corrected chi connectivity index (χ1v) is 16.9. The standard InChI is InChI=1S/C42H49N3O/c1-9-45(10-2)32-24-26-33(27-25-32)46-40-30(22-28-38-41(3,4)34-18-11-13-20-36(34)43(38)7)16-15-17-31(40)23-29-39-42(5,6)35-19-12-14-21-37(35)44(39)8/h11-14,18-28H,9-10,15-17H2,1-8H3. The number of nitrogens with zero attached hydrogens (tertiary/aromatic N) is 3. The molecule has 0 radical (unpaired) electrons. The summed E-state index contributed by atoms with van der Waals surface area (Å²) >= 11 is 0. The summed E-state index contributed by atoms with van der Waals surface area (Å²) in [5.74, 6) is 1.82. The molecule has 0 N–H and O–H groups in total. The molecular formula is C42H49N3O. The van der Waals surface area contributed by atoms with Gasteiger partial charge in [0.05, 0.1) is 11.2 Å². The minimum Gasteiger partial charge on any atom is -0.476 e. The summed E-state index contributed by atoms with van der Waals surface area (Å²) in [6.45, 7) is 15.6. The van der Waals surface area contributed by atoms with Crippen LogP contribution >= 0.6 is 0 Å². The molecule has 3 aliphatic rings. The van der Waals surface area contributed by atoms with Crippen molar-refractivity contribution < 1.29 is 9.31 Å². The normalized spacial score (nSPS) is 20.2. The van der Waals surface area contributed by atoms with Crippen molar-refractivity contribution in [3.05, 3.63) is 131 Å². The van der Waals surface area contributed by atoms with Gasteiger partial charge < -0.3 is 14.5 Å². The highest BCUT2D eigenvalue weighted by Gasteiger charge is 2.40. The molecule has 0 spiro atoms. The van der Waals surface area contributed by atoms with E-state index in [4.69, 9.17) is 4.74 Å². The molecule has 0 atom stereocenters. The first kappa shape index (κ1) is 31.7. The van der Waals surface area contributed by atoms with Gasteiger partial charge in [-0.15, -0.1) is 0 Å². The number of hydrogen-bond acceptors (Lipinski definition) is 3. The molecule has 3 aromatic rings. The van der Waals surface area contributed by atoms with Crippen molar-refractivity contribution in [2.45, 2.75) is 71.6 Å². The monoisotopic (exact) mass is 611 g/mol. The molecule has 0 saturated heterocycles. The molecule has 2 aliphatic heterocycles. The van der Waals surface area contributed by atoms with Crippen LogP contribution in [0.15, 0.2) is 114 Å². The topological polar surface area (TPSA) is 18.7 Å². The van der Waals surface area contributed by atoms with E-state index in [1.807, 2.05) is 0 Å². The molecule has 4 heteroatoms. The van der Waals surface area contributed by atoms with Crippen LogP contribution in [-0.2, 0) is 10.8 Å². The van der Waals surface area contributed by atoms with E-state index >= 15 is 0 Å². The number of ether oxygens (including phenoxy) is 1. The number of fused-ring (bicyclic) bond motifs is 2. The fraction of sp³-hybridized carbons (Fsp3) is 0.357. The average Bonchev–Trinajstić information content (AvgIpc) is 3.38. The van der Waals surface area contributed by atoms with Crippen molar-refractivity contribution in [3.63, 3.8) is 0 Å². The second-order valence-corrected chi connectivity index (χ2v) is 13.8. The summed E-state index contributed by atoms with van der Waals surface area (Å²) in [5.41, 5.74) is 11.1. The number of allylic oxidation sites excluding steroid dienone is 7. The molecule has 0 aromatic heterocycles. The van der Waals surface area contributed by atoms with Crippen LogP contribution in [0.25, 0.3) is 0 Å². The van der Waals surface area contributed by atoms with E-state index in [-0.39, 0.29) is 10.8 Å². The third kappa shape index (κ3) is 5.53. The molecule has 0 bridgehead atoms. The highest BCUT2D eigenvalue weighted by atomic mass is 16.5. The number of para-hydroxylation sites is 2. The van der Waals surface area contributed by atoms with Crippen LogP contribution < -0.4 is 14.5 Å². The lowest BCUT2D eigenvalue weighted by Gasteiger charge is -2.29. The predicted octanol–water partition coefficient (Wildman–Crippen LogP) is 9.65. The quantitative estimate of drug-likeness (QED) is 0.187. The number of benzene rings is 3. The van der Waals surface area contributed by atoms with E-state index in [1.165, 1.54) is 50.7 Å². The molecule has 1 aliphatic carbocycles. The van der Waals surface area contributed by atoms with Gasteiger partial charge in [0.25, 0.3) is 0 Å². The third-order valence-electron chi connectivity index (χ3n) is 10.3. The zero-order valence-electron chi connectivity index (χ0n) is 28.9. The Morgan fingerprint density at radius 2 is 1.52 bits per heavy atom. The number of rotatable bonds is 8. The highest BCUT2D eigenvalue weighted by molar-refractivity contribution is 6.00. The number of anilines is 2. The summed E-state index contributed by atoms with van der Waals surface area (Å²) in [7, 11) is 4.34. The lowest BCUT2D eigenvalue weighted by Crippen LogP contribution is -2.27. The summed E-state index contributed by atoms with van der Waals surface area (Å²) in [6, 6.07) is 26.0. The van der Waals surface area contributed by atoms with Gasteiger partial charge >= 0.3 is 0 Å². The summed E-state index contributed by atoms with van der Waals surface area (Å²) in [6.07, 6.45) is 13.6. The van der Waals surface area contributed by atoms with Crippen molar-refractivity contribution in [1.29, 1.82) is 0 Å². The van der Waals surface area contributed by atoms with Crippen LogP contribution in [0, 0.1) is 6.08 Å². The van der Waals surface area contributed by atoms with Crippen LogP contribution in [0.4, 0.5) is 17.1 Å². The van der Waals surface area contributed by atoms with Gasteiger partial charge in [0.2, 0.25) is 5.69 Å². The zero-order chi connectivity index (χ0) is 32.6. The zero-order valence-corrected chi connectivity index (χ0v) is 28.9. The average molecular weight is 612 g/mol. The summed E-state index contributed by atoms with van der Waals surface area (Å²) in [4.78, 5) is 4.70. The second kappa shape index (κ2) is 12.5. The van der Waals surface area contributed by atoms with Crippen LogP contribution in [-0.4, -0.2) is 37.5 Å². The lowest BCUT2D eigenvalue weighted by atomic mass is 9.81. The van der Waals surface area contributed by atoms with Crippen molar-refractivity contribution in [3.8, 4) is 5.75 Å². The Morgan fingerprint density at radius 1 is 0.848 bits per heavy atom. The molecule has 6 rings (SSSR count). The first-order valence-electron chi connectivity index (χ1n) is 16.9. The van der Waals surface area contributed by atoms with E-state index < -0.39 is 0 Å². The van der Waals surface area contributed by atoms with E-state index in [2.05, 4.69) is 167 Å². The molecule has 0 saturated carbocycles. The minimum atomic E-state index is -0.130. The van der Waals surface area contributed by atoms with E-state index in [0.717, 1.165) is 43.9 Å². The molecule has 3 aromatic carbocycles. The van der Waals surface area contributed by atoms with Crippen molar-refractivity contribution in [1.82, 2.24) is 0 Å². The maximum Gasteiger partial charge on any atom is 0.208 e. The van der Waals surface area contributed by atoms with Gasteiger partial charge in [0.1, 0.15) is 18.5 Å². The van der Waals surface area contributed by atoms with Crippen LogP contribution in [0.1, 0.15) is 71.9 Å². The fourth-order valence-corrected chi connectivity index (χ4v) is 7.64. The van der Waals surface area contributed by atoms with Crippen LogP contribution in [0.3, 0.4) is 0 Å². The van der Waals surface area contributed by atoms with Crippen LogP contribution in [0.5, 0.6) is 5.75 Å². The largest absolute Gasteiger partial charge is 0.476 e. The molecule has 46 heavy (non-hydrogen) atoms. The Balaban J connectivity index is 1.40. The number of likely N-dealkylation sites (N-methyl/N-ethyl adjacent to an activating group) is 1. The Hall–Kier alpha value is -4.31. The summed E-state index contributed by atoms with van der Waals surface area (Å²) in [5, 5.41) is 0. The molecule has 0 amide bonds. The number of hydrogen-bond donors (Lipinski definition) is 0. The molecule has 0 fully saturated rings. The van der Waals surface area contributed by atoms with Gasteiger partial charge in [-0.25, -0.2) is 10.7 Å². The smallest absolute Gasteiger partial charge is 0.208 e. The van der Waals surface area contributed by atoms with Gasteiger partial charge in [0.15, 0.2) is 0 Å². The van der Waals surface area contributed by atoms with Crippen molar-refractivity contribution in [2.75, 3.05) is 37.0 Å². The minimum absolute atomic E-state index is 0.0805. The van der Waals surface area contributed by atoms with Crippen molar-refractivity contribution in [2.24, 2.45) is 0 Å². The second-order valence-electron chi connectivity index (χ2n) is 13.8. The predicted molar refractivity (Wildman–Crippen MR) is 194 cm³/mol. The molecule has 238 valence electrons. The SMILES string of the molecule is CCN(CC)c1ccc(OC2=C(C=[C-]C3=[N+](C)c4ccccc4C3(C)C)CCC/C2=C\C=C2\N(C)c3ccccc3C2(C)C)cc1. The maximum absolute atomic E-state index is 6.85. The van der Waals surface area contributed by atoms with E-state index in [1.54, 1.807) is 0 Å². The van der Waals surface area contributed by atoms with Gasteiger partial charge in [0, 0.05) is 54.3 Å². The Kier molecular flexibility index (Phi) is 8.58. The fourth-order valence-electron chi connectivity index (χ4n) is 7.64. The van der Waals surface area contributed by atoms with Gasteiger partial charge in [-0.05, 0) is 81.7 Å². The van der Waals surface area contributed by atoms with E-state index in [0.29, 0.717) is 0 Å². The van der Waals surface area contributed by atoms with Gasteiger partial charge in [-0.1, -0.05) is 69.2 Å². The molecule has 4 nitrogen and oxygen atoms in total. The Labute approximate surface area is 276 Å². The van der Waals surface area contributed by atoms with Gasteiger partial charge in [-0.3, -0.25) is 0 Å². The molecule has 0 unspecified atom stereocenters. The molecular weight excluding hydrogens is 562 g/mol. The maximum atomic E-state index is 6.85. The highest BCUT2D eigenvalue weighted by Crippen LogP contribution is 2.47. The Bertz CT molecular complexity index is 1780. The third-order valence-corrected chi connectivity index (χ3v) is 10.3.